The van der Waals surface area contributed by atoms with Crippen molar-refractivity contribution in [2.24, 2.45) is 0 Å². The van der Waals surface area contributed by atoms with E-state index >= 15 is 0 Å². The van der Waals surface area contributed by atoms with Gasteiger partial charge in [-0.15, -0.1) is 0 Å². The van der Waals surface area contributed by atoms with Crippen molar-refractivity contribution >= 4 is 33.4 Å². The predicted molar refractivity (Wildman–Crippen MR) is 111 cm³/mol. The Morgan fingerprint density at radius 1 is 1.22 bits per heavy atom. The standard InChI is InChI=1S/C21H23BrN2O3/c1-4-12-27-19-10-9-16(14-18(19)22)21(26)23-17-7-5-6-15(13-17)8-11-20(25)24(2)3/h4-7,9-10,13-14H,1,8,11-12H2,2-3H3,(H,23,26). The Hall–Kier alpha value is -2.60. The van der Waals surface area contributed by atoms with E-state index in [1.54, 1.807) is 43.3 Å². The molecule has 0 spiro atoms. The molecule has 2 aromatic rings. The summed E-state index contributed by atoms with van der Waals surface area (Å²) in [7, 11) is 3.48. The summed E-state index contributed by atoms with van der Waals surface area (Å²) in [4.78, 5) is 25.8. The highest BCUT2D eigenvalue weighted by molar-refractivity contribution is 9.10. The minimum Gasteiger partial charge on any atom is -0.488 e. The Labute approximate surface area is 168 Å². The molecule has 2 amide bonds. The molecule has 5 nitrogen and oxygen atoms in total. The van der Waals surface area contributed by atoms with Crippen LogP contribution in [0.25, 0.3) is 0 Å². The highest BCUT2D eigenvalue weighted by Crippen LogP contribution is 2.26. The molecule has 0 aliphatic rings. The lowest BCUT2D eigenvalue weighted by atomic mass is 10.1. The van der Waals surface area contributed by atoms with Gasteiger partial charge in [0.1, 0.15) is 12.4 Å². The van der Waals surface area contributed by atoms with Gasteiger partial charge in [0, 0.05) is 31.8 Å². The summed E-state index contributed by atoms with van der Waals surface area (Å²) in [5.74, 6) is 0.513. The van der Waals surface area contributed by atoms with Crippen LogP contribution < -0.4 is 10.1 Å². The Bertz CT molecular complexity index is 834. The van der Waals surface area contributed by atoms with Gasteiger partial charge in [-0.1, -0.05) is 24.8 Å². The summed E-state index contributed by atoms with van der Waals surface area (Å²) in [6.07, 6.45) is 2.72. The van der Waals surface area contributed by atoms with Gasteiger partial charge < -0.3 is 15.0 Å². The summed E-state index contributed by atoms with van der Waals surface area (Å²) in [5, 5.41) is 2.89. The first-order chi connectivity index (χ1) is 12.9. The number of ether oxygens (including phenoxy) is 1. The van der Waals surface area contributed by atoms with Gasteiger partial charge in [0.15, 0.2) is 0 Å². The molecule has 0 radical (unpaired) electrons. The van der Waals surface area contributed by atoms with E-state index in [1.807, 2.05) is 24.3 Å². The van der Waals surface area contributed by atoms with E-state index in [0.717, 1.165) is 5.56 Å². The van der Waals surface area contributed by atoms with Crippen LogP contribution in [0.4, 0.5) is 5.69 Å². The van der Waals surface area contributed by atoms with Crippen LogP contribution in [0.15, 0.2) is 59.6 Å². The summed E-state index contributed by atoms with van der Waals surface area (Å²) < 4.78 is 6.19. The fourth-order valence-electron chi connectivity index (χ4n) is 2.39. The maximum Gasteiger partial charge on any atom is 0.255 e. The maximum atomic E-state index is 12.5. The van der Waals surface area contributed by atoms with Gasteiger partial charge >= 0.3 is 0 Å². The lowest BCUT2D eigenvalue weighted by Crippen LogP contribution is -2.21. The zero-order valence-electron chi connectivity index (χ0n) is 15.5. The number of benzene rings is 2. The molecule has 0 atom stereocenters. The van der Waals surface area contributed by atoms with E-state index < -0.39 is 0 Å². The van der Waals surface area contributed by atoms with E-state index in [2.05, 4.69) is 27.8 Å². The summed E-state index contributed by atoms with van der Waals surface area (Å²) in [6.45, 7) is 4.01. The second-order valence-electron chi connectivity index (χ2n) is 6.19. The molecule has 27 heavy (non-hydrogen) atoms. The highest BCUT2D eigenvalue weighted by atomic mass is 79.9. The van der Waals surface area contributed by atoms with E-state index in [1.165, 1.54) is 0 Å². The van der Waals surface area contributed by atoms with Crippen LogP contribution in [0.2, 0.25) is 0 Å². The minimum atomic E-state index is -0.215. The van der Waals surface area contributed by atoms with Crippen molar-refractivity contribution in [1.82, 2.24) is 4.90 Å². The molecule has 1 N–H and O–H groups in total. The van der Waals surface area contributed by atoms with E-state index in [0.29, 0.717) is 40.9 Å². The van der Waals surface area contributed by atoms with Gasteiger partial charge in [0.25, 0.3) is 5.91 Å². The summed E-state index contributed by atoms with van der Waals surface area (Å²) >= 11 is 3.41. The number of halogens is 1. The molecule has 0 aliphatic carbocycles. The average molecular weight is 431 g/mol. The zero-order valence-corrected chi connectivity index (χ0v) is 17.1. The van der Waals surface area contributed by atoms with Crippen LogP contribution in [0, 0.1) is 0 Å². The maximum absolute atomic E-state index is 12.5. The zero-order chi connectivity index (χ0) is 19.8. The van der Waals surface area contributed by atoms with Crippen molar-refractivity contribution in [3.8, 4) is 5.75 Å². The molecule has 0 bridgehead atoms. The Kier molecular flexibility index (Phi) is 7.61. The van der Waals surface area contributed by atoms with Gasteiger partial charge in [0.2, 0.25) is 5.91 Å². The number of amides is 2. The second kappa shape index (κ2) is 9.92. The Balaban J connectivity index is 2.03. The van der Waals surface area contributed by atoms with Gasteiger partial charge in [-0.2, -0.15) is 0 Å². The number of carbonyl (C=O) groups is 2. The third-order valence-corrected chi connectivity index (χ3v) is 4.48. The van der Waals surface area contributed by atoms with Crippen LogP contribution >= 0.6 is 15.9 Å². The van der Waals surface area contributed by atoms with E-state index in [-0.39, 0.29) is 11.8 Å². The molecule has 0 aliphatic heterocycles. The average Bonchev–Trinajstić information content (AvgIpc) is 2.65. The quantitative estimate of drug-likeness (QED) is 0.635. The number of hydrogen-bond acceptors (Lipinski definition) is 3. The predicted octanol–water partition coefficient (Wildman–Crippen LogP) is 4.29. The number of nitrogens with zero attached hydrogens (tertiary/aromatic N) is 1. The molecular formula is C21H23BrN2O3. The van der Waals surface area contributed by atoms with Crippen LogP contribution in [-0.4, -0.2) is 37.4 Å². The molecule has 0 aromatic heterocycles. The molecule has 0 saturated heterocycles. The molecule has 142 valence electrons. The first kappa shape index (κ1) is 20.7. The van der Waals surface area contributed by atoms with Gasteiger partial charge in [-0.3, -0.25) is 9.59 Å². The number of carbonyl (C=O) groups excluding carboxylic acids is 2. The fraction of sp³-hybridized carbons (Fsp3) is 0.238. The number of hydrogen-bond donors (Lipinski definition) is 1. The van der Waals surface area contributed by atoms with E-state index in [9.17, 15) is 9.59 Å². The normalized spacial score (nSPS) is 10.2. The number of anilines is 1. The van der Waals surface area contributed by atoms with Crippen LogP contribution in [0.1, 0.15) is 22.3 Å². The molecule has 0 heterocycles. The van der Waals surface area contributed by atoms with Gasteiger partial charge in [0.05, 0.1) is 4.47 Å². The smallest absolute Gasteiger partial charge is 0.255 e. The fourth-order valence-corrected chi connectivity index (χ4v) is 2.88. The topological polar surface area (TPSA) is 58.6 Å². The molecule has 2 rings (SSSR count). The van der Waals surface area contributed by atoms with Crippen molar-refractivity contribution in [3.63, 3.8) is 0 Å². The SMILES string of the molecule is C=CCOc1ccc(C(=O)Nc2cccc(CCC(=O)N(C)C)c2)cc1Br. The molecule has 0 fully saturated rings. The van der Waals surface area contributed by atoms with Crippen LogP contribution in [-0.2, 0) is 11.2 Å². The third-order valence-electron chi connectivity index (χ3n) is 3.86. The van der Waals surface area contributed by atoms with E-state index in [4.69, 9.17) is 4.74 Å². The van der Waals surface area contributed by atoms with Crippen molar-refractivity contribution in [3.05, 3.63) is 70.7 Å². The number of aryl methyl sites for hydroxylation is 1. The molecule has 6 heteroatoms. The number of rotatable bonds is 8. The van der Waals surface area contributed by atoms with Crippen molar-refractivity contribution in [2.45, 2.75) is 12.8 Å². The summed E-state index contributed by atoms with van der Waals surface area (Å²) in [5.41, 5.74) is 2.20. The first-order valence-corrected chi connectivity index (χ1v) is 9.33. The molecule has 0 saturated carbocycles. The second-order valence-corrected chi connectivity index (χ2v) is 7.04. The monoisotopic (exact) mass is 430 g/mol. The van der Waals surface area contributed by atoms with Crippen molar-refractivity contribution in [1.29, 1.82) is 0 Å². The van der Waals surface area contributed by atoms with Gasteiger partial charge in [-0.25, -0.2) is 0 Å². The van der Waals surface area contributed by atoms with Crippen molar-refractivity contribution in [2.75, 3.05) is 26.0 Å². The van der Waals surface area contributed by atoms with Crippen molar-refractivity contribution < 1.29 is 14.3 Å². The first-order valence-electron chi connectivity index (χ1n) is 8.54. The van der Waals surface area contributed by atoms with Gasteiger partial charge in [-0.05, 0) is 58.2 Å². The lowest BCUT2D eigenvalue weighted by molar-refractivity contribution is -0.128. The lowest BCUT2D eigenvalue weighted by Gasteiger charge is -2.11. The third kappa shape index (κ3) is 6.25. The largest absolute Gasteiger partial charge is 0.488 e. The molecule has 2 aromatic carbocycles. The summed E-state index contributed by atoms with van der Waals surface area (Å²) in [6, 6.07) is 12.7. The van der Waals surface area contributed by atoms with Crippen LogP contribution in [0.3, 0.4) is 0 Å². The number of nitrogens with one attached hydrogen (secondary N) is 1. The minimum absolute atomic E-state index is 0.0769. The molecule has 0 unspecified atom stereocenters. The Morgan fingerprint density at radius 2 is 2.00 bits per heavy atom. The highest BCUT2D eigenvalue weighted by Gasteiger charge is 2.10. The Morgan fingerprint density at radius 3 is 2.67 bits per heavy atom. The van der Waals surface area contributed by atoms with Crippen LogP contribution in [0.5, 0.6) is 5.75 Å². The molecular weight excluding hydrogens is 408 g/mol.